The summed E-state index contributed by atoms with van der Waals surface area (Å²) in [7, 11) is 0. The van der Waals surface area contributed by atoms with Gasteiger partial charge in [-0.15, -0.1) is 0 Å². The molecular formula is C24H27FN4O2. The van der Waals surface area contributed by atoms with Gasteiger partial charge in [-0.3, -0.25) is 4.79 Å². The van der Waals surface area contributed by atoms with Gasteiger partial charge in [0.25, 0.3) is 0 Å². The predicted molar refractivity (Wildman–Crippen MR) is 115 cm³/mol. The molecule has 0 unspecified atom stereocenters. The van der Waals surface area contributed by atoms with Crippen LogP contribution in [0, 0.1) is 12.7 Å². The second-order valence-electron chi connectivity index (χ2n) is 8.07. The number of carbonyl (C=O) groups excluding carboxylic acids is 1. The number of carbonyl (C=O) groups is 1. The lowest BCUT2D eigenvalue weighted by Gasteiger charge is -2.36. The number of aryl methyl sites for hydroxylation is 2. The molecular weight excluding hydrogens is 395 g/mol. The minimum absolute atomic E-state index is 0.0201. The number of benzene rings is 1. The first kappa shape index (κ1) is 21.2. The smallest absolute Gasteiger partial charge is 0.227 e. The molecule has 1 aliphatic rings. The van der Waals surface area contributed by atoms with E-state index in [2.05, 4.69) is 17.1 Å². The van der Waals surface area contributed by atoms with Crippen molar-refractivity contribution in [2.75, 3.05) is 6.54 Å². The molecule has 1 saturated heterocycles. The fraction of sp³-hybridized carbons (Fsp3) is 0.417. The Bertz CT molecular complexity index is 1050. The molecule has 0 radical (unpaired) electrons. The van der Waals surface area contributed by atoms with Gasteiger partial charge in [0.1, 0.15) is 11.6 Å². The zero-order valence-corrected chi connectivity index (χ0v) is 18.0. The first-order chi connectivity index (χ1) is 15.0. The second kappa shape index (κ2) is 9.37. The Balaban J connectivity index is 1.68. The van der Waals surface area contributed by atoms with E-state index < -0.39 is 0 Å². The zero-order chi connectivity index (χ0) is 21.8. The van der Waals surface area contributed by atoms with Crippen LogP contribution in [-0.4, -0.2) is 32.5 Å². The first-order valence-corrected chi connectivity index (χ1v) is 10.9. The summed E-state index contributed by atoms with van der Waals surface area (Å²) in [6.07, 6.45) is 6.56. The third-order valence-electron chi connectivity index (χ3n) is 5.64. The minimum atomic E-state index is -0.302. The third kappa shape index (κ3) is 4.81. The highest BCUT2D eigenvalue weighted by molar-refractivity contribution is 5.79. The lowest BCUT2D eigenvalue weighted by molar-refractivity contribution is -0.134. The fourth-order valence-corrected chi connectivity index (χ4v) is 4.10. The van der Waals surface area contributed by atoms with Crippen molar-refractivity contribution in [2.45, 2.75) is 58.4 Å². The fourth-order valence-electron chi connectivity index (χ4n) is 4.10. The van der Waals surface area contributed by atoms with Crippen LogP contribution in [0.2, 0.25) is 0 Å². The molecule has 2 aromatic heterocycles. The summed E-state index contributed by atoms with van der Waals surface area (Å²) in [5.41, 5.74) is 3.19. The Morgan fingerprint density at radius 3 is 2.77 bits per heavy atom. The molecule has 6 nitrogen and oxygen atoms in total. The Morgan fingerprint density at radius 2 is 2.06 bits per heavy atom. The van der Waals surface area contributed by atoms with Crippen LogP contribution in [0.15, 0.2) is 41.1 Å². The highest BCUT2D eigenvalue weighted by Gasteiger charge is 2.32. The number of hydrogen-bond acceptors (Lipinski definition) is 5. The number of halogens is 1. The van der Waals surface area contributed by atoms with Gasteiger partial charge in [-0.1, -0.05) is 24.2 Å². The summed E-state index contributed by atoms with van der Waals surface area (Å²) >= 11 is 0. The van der Waals surface area contributed by atoms with Crippen LogP contribution in [0.4, 0.5) is 4.39 Å². The van der Waals surface area contributed by atoms with Gasteiger partial charge >= 0.3 is 0 Å². The van der Waals surface area contributed by atoms with Crippen LogP contribution in [0.25, 0.3) is 11.3 Å². The molecule has 31 heavy (non-hydrogen) atoms. The molecule has 4 rings (SSSR count). The van der Waals surface area contributed by atoms with Crippen LogP contribution < -0.4 is 0 Å². The first-order valence-electron chi connectivity index (χ1n) is 10.9. The van der Waals surface area contributed by atoms with Gasteiger partial charge in [-0.05, 0) is 50.3 Å². The standard InChI is InChI=1S/C24H27FN4O2/c1-3-6-22-26-15-19(21-13-16(2)28-31-21)24(27-22)20-7-4-5-12-29(20)23(30)14-17-8-10-18(25)11-9-17/h8-11,13,15,20H,3-7,12,14H2,1-2H3/t20-/m0/s1. The molecule has 3 aromatic rings. The van der Waals surface area contributed by atoms with Crippen molar-refractivity contribution in [1.82, 2.24) is 20.0 Å². The number of hydrogen-bond donors (Lipinski definition) is 0. The monoisotopic (exact) mass is 422 g/mol. The van der Waals surface area contributed by atoms with E-state index in [0.29, 0.717) is 12.3 Å². The molecule has 162 valence electrons. The van der Waals surface area contributed by atoms with Crippen molar-refractivity contribution < 1.29 is 13.7 Å². The number of aromatic nitrogens is 3. The highest BCUT2D eigenvalue weighted by atomic mass is 19.1. The van der Waals surface area contributed by atoms with Crippen molar-refractivity contribution in [3.05, 3.63) is 65.1 Å². The molecule has 3 heterocycles. The highest BCUT2D eigenvalue weighted by Crippen LogP contribution is 2.36. The summed E-state index contributed by atoms with van der Waals surface area (Å²) in [6, 6.07) is 7.83. The van der Waals surface area contributed by atoms with E-state index in [0.717, 1.165) is 60.4 Å². The SMILES string of the molecule is CCCc1ncc(-c2cc(C)no2)c([C@@H]2CCCCN2C(=O)Cc2ccc(F)cc2)n1. The van der Waals surface area contributed by atoms with Gasteiger partial charge in [-0.2, -0.15) is 0 Å². The maximum atomic E-state index is 13.3. The normalized spacial score (nSPS) is 16.5. The van der Waals surface area contributed by atoms with Crippen molar-refractivity contribution in [3.8, 4) is 11.3 Å². The minimum Gasteiger partial charge on any atom is -0.356 e. The number of likely N-dealkylation sites (tertiary alicyclic amines) is 1. The van der Waals surface area contributed by atoms with Crippen LogP contribution in [0.1, 0.15) is 61.4 Å². The van der Waals surface area contributed by atoms with E-state index in [1.807, 2.05) is 17.9 Å². The van der Waals surface area contributed by atoms with Crippen molar-refractivity contribution in [1.29, 1.82) is 0 Å². The summed E-state index contributed by atoms with van der Waals surface area (Å²) in [5.74, 6) is 1.11. The van der Waals surface area contributed by atoms with Gasteiger partial charge in [-0.25, -0.2) is 14.4 Å². The maximum absolute atomic E-state index is 13.3. The van der Waals surface area contributed by atoms with Gasteiger partial charge in [0, 0.05) is 25.2 Å². The average molecular weight is 423 g/mol. The van der Waals surface area contributed by atoms with Crippen LogP contribution in [-0.2, 0) is 17.6 Å². The maximum Gasteiger partial charge on any atom is 0.227 e. The number of nitrogens with zero attached hydrogens (tertiary/aromatic N) is 4. The van der Waals surface area contributed by atoms with E-state index >= 15 is 0 Å². The second-order valence-corrected chi connectivity index (χ2v) is 8.07. The van der Waals surface area contributed by atoms with E-state index in [-0.39, 0.29) is 24.2 Å². The molecule has 0 aliphatic carbocycles. The number of amides is 1. The molecule has 0 spiro atoms. The van der Waals surface area contributed by atoms with Crippen molar-refractivity contribution in [3.63, 3.8) is 0 Å². The lowest BCUT2D eigenvalue weighted by atomic mass is 9.94. The predicted octanol–water partition coefficient (Wildman–Crippen LogP) is 4.83. The van der Waals surface area contributed by atoms with Gasteiger partial charge in [0.2, 0.25) is 5.91 Å². The van der Waals surface area contributed by atoms with E-state index in [9.17, 15) is 9.18 Å². The molecule has 1 fully saturated rings. The summed E-state index contributed by atoms with van der Waals surface area (Å²) in [6.45, 7) is 4.64. The van der Waals surface area contributed by atoms with Gasteiger partial charge < -0.3 is 9.42 Å². The Kier molecular flexibility index (Phi) is 6.39. The van der Waals surface area contributed by atoms with E-state index in [4.69, 9.17) is 9.51 Å². The quantitative estimate of drug-likeness (QED) is 0.569. The average Bonchev–Trinajstić information content (AvgIpc) is 3.21. The molecule has 1 amide bonds. The zero-order valence-electron chi connectivity index (χ0n) is 18.0. The summed E-state index contributed by atoms with van der Waals surface area (Å²) < 4.78 is 18.8. The molecule has 0 bridgehead atoms. The summed E-state index contributed by atoms with van der Waals surface area (Å²) in [5, 5.41) is 4.01. The lowest BCUT2D eigenvalue weighted by Crippen LogP contribution is -2.40. The van der Waals surface area contributed by atoms with Gasteiger partial charge in [0.15, 0.2) is 5.76 Å². The Labute approximate surface area is 181 Å². The molecule has 1 atom stereocenters. The van der Waals surface area contributed by atoms with Crippen molar-refractivity contribution >= 4 is 5.91 Å². The Morgan fingerprint density at radius 1 is 1.26 bits per heavy atom. The molecule has 0 saturated carbocycles. The van der Waals surface area contributed by atoms with E-state index in [1.54, 1.807) is 18.3 Å². The topological polar surface area (TPSA) is 72.1 Å². The number of piperidine rings is 1. The van der Waals surface area contributed by atoms with Crippen molar-refractivity contribution in [2.24, 2.45) is 0 Å². The molecule has 1 aromatic carbocycles. The van der Waals surface area contributed by atoms with Crippen LogP contribution >= 0.6 is 0 Å². The van der Waals surface area contributed by atoms with Crippen LogP contribution in [0.3, 0.4) is 0 Å². The Hall–Kier alpha value is -3.09. The molecule has 1 aliphatic heterocycles. The third-order valence-corrected chi connectivity index (χ3v) is 5.64. The summed E-state index contributed by atoms with van der Waals surface area (Å²) in [4.78, 5) is 24.6. The van der Waals surface area contributed by atoms with E-state index in [1.165, 1.54) is 12.1 Å². The van der Waals surface area contributed by atoms with Gasteiger partial charge in [0.05, 0.1) is 29.4 Å². The number of rotatable bonds is 6. The molecule has 7 heteroatoms. The molecule has 0 N–H and O–H groups in total. The largest absolute Gasteiger partial charge is 0.356 e. The van der Waals surface area contributed by atoms with Crippen LogP contribution in [0.5, 0.6) is 0 Å².